The molecule has 0 saturated carbocycles. The molecule has 3 heterocycles. The maximum atomic E-state index is 13.0. The molecule has 0 aliphatic carbocycles. The molecule has 2 fully saturated rings. The number of aromatic nitrogens is 1. The van der Waals surface area contributed by atoms with Gasteiger partial charge in [-0.1, -0.05) is 6.07 Å². The Hall–Kier alpha value is -2.87. The van der Waals surface area contributed by atoms with E-state index in [0.29, 0.717) is 22.6 Å². The van der Waals surface area contributed by atoms with Crippen LogP contribution in [0.25, 0.3) is 0 Å². The van der Waals surface area contributed by atoms with E-state index in [0.717, 1.165) is 0 Å². The number of amides is 1. The van der Waals surface area contributed by atoms with E-state index in [4.69, 9.17) is 18.9 Å². The highest BCUT2D eigenvalue weighted by molar-refractivity contribution is 8.01. The van der Waals surface area contributed by atoms with Gasteiger partial charge in [0.1, 0.15) is 35.5 Å². The third-order valence-corrected chi connectivity index (χ3v) is 7.59. The van der Waals surface area contributed by atoms with E-state index >= 15 is 0 Å². The summed E-state index contributed by atoms with van der Waals surface area (Å²) >= 11 is 1.48. The van der Waals surface area contributed by atoms with E-state index in [-0.39, 0.29) is 35.3 Å². The van der Waals surface area contributed by atoms with Crippen LogP contribution in [0.3, 0.4) is 0 Å². The Kier molecular flexibility index (Phi) is 9.05. The average Bonchev–Trinajstić information content (AvgIpc) is 3.11. The first-order valence-corrected chi connectivity index (χ1v) is 12.1. The van der Waals surface area contributed by atoms with Gasteiger partial charge in [0.25, 0.3) is 5.91 Å². The van der Waals surface area contributed by atoms with Crippen molar-refractivity contribution in [2.75, 3.05) is 21.0 Å². The number of carbonyl (C=O) groups is 3. The van der Waals surface area contributed by atoms with Gasteiger partial charge in [-0.15, -0.1) is 11.8 Å². The highest BCUT2D eigenvalue weighted by Crippen LogP contribution is 2.52. The summed E-state index contributed by atoms with van der Waals surface area (Å²) < 4.78 is 22.2. The molecular formula is C25H28IN3O7S. The molecule has 2 aliphatic heterocycles. The van der Waals surface area contributed by atoms with Crippen LogP contribution in [0.2, 0.25) is 0 Å². The normalized spacial score (nSPS) is 21.5. The van der Waals surface area contributed by atoms with Crippen LogP contribution >= 0.6 is 11.8 Å². The second-order valence-corrected chi connectivity index (χ2v) is 10.6. The largest absolute Gasteiger partial charge is 1.00 e. The minimum absolute atomic E-state index is 0. The minimum Gasteiger partial charge on any atom is -1.00 e. The number of methoxy groups -OCH3 is 2. The molecule has 0 radical (unpaired) electrons. The van der Waals surface area contributed by atoms with Crippen molar-refractivity contribution in [3.05, 3.63) is 53.9 Å². The first-order chi connectivity index (χ1) is 17.2. The maximum Gasteiger partial charge on any atom is 0.347 e. The fraction of sp³-hybridized carbons (Fsp3) is 0.400. The lowest BCUT2D eigenvalue weighted by Crippen LogP contribution is -3.00. The number of nitrogens with zero attached hydrogens (tertiary/aromatic N) is 3. The highest BCUT2D eigenvalue weighted by Gasteiger charge is 2.64. The Morgan fingerprint density at radius 3 is 2.43 bits per heavy atom. The second kappa shape index (κ2) is 11.7. The number of hydrogen-bond donors (Lipinski definition) is 0. The summed E-state index contributed by atoms with van der Waals surface area (Å²) in [7, 11) is 4.87. The molecule has 2 saturated heterocycles. The number of β-lactam (4-membered cyclic amide) rings is 1. The average molecular weight is 641 g/mol. The highest BCUT2D eigenvalue weighted by atomic mass is 127. The molecule has 2 aliphatic rings. The molecule has 10 nitrogen and oxygen atoms in total. The number of fused-ring (bicyclic) bond motifs is 1. The molecular weight excluding hydrogens is 613 g/mol. The SMILES string of the molecule is COc1cccc(OC)c1C=NC1C(=O)N2C1SC(C)(C)[C@@H]2C(=O)OCOC(=O)c1ccc[n+](C)c1.[I-]. The van der Waals surface area contributed by atoms with Gasteiger partial charge in [0.05, 0.1) is 19.8 Å². The van der Waals surface area contributed by atoms with Gasteiger partial charge in [0.15, 0.2) is 18.4 Å². The van der Waals surface area contributed by atoms with Crippen LogP contribution in [0, 0.1) is 0 Å². The van der Waals surface area contributed by atoms with Crippen molar-refractivity contribution in [1.29, 1.82) is 0 Å². The van der Waals surface area contributed by atoms with E-state index in [9.17, 15) is 14.4 Å². The van der Waals surface area contributed by atoms with Crippen molar-refractivity contribution < 1.29 is 61.9 Å². The van der Waals surface area contributed by atoms with Gasteiger partial charge in [-0.2, -0.15) is 0 Å². The number of ether oxygens (including phenoxy) is 4. The first-order valence-electron chi connectivity index (χ1n) is 11.2. The molecule has 0 spiro atoms. The second-order valence-electron chi connectivity index (χ2n) is 8.83. The number of rotatable bonds is 8. The van der Waals surface area contributed by atoms with Crippen LogP contribution in [-0.2, 0) is 26.1 Å². The van der Waals surface area contributed by atoms with Crippen molar-refractivity contribution in [2.24, 2.45) is 12.0 Å². The van der Waals surface area contributed by atoms with Crippen LogP contribution in [-0.4, -0.2) is 72.2 Å². The van der Waals surface area contributed by atoms with Crippen molar-refractivity contribution in [2.45, 2.75) is 36.1 Å². The summed E-state index contributed by atoms with van der Waals surface area (Å²) in [5.74, 6) is -0.386. The van der Waals surface area contributed by atoms with Gasteiger partial charge < -0.3 is 47.8 Å². The topological polar surface area (TPSA) is 108 Å². The Morgan fingerprint density at radius 1 is 1.14 bits per heavy atom. The molecule has 198 valence electrons. The van der Waals surface area contributed by atoms with Crippen LogP contribution in [0.5, 0.6) is 11.5 Å². The van der Waals surface area contributed by atoms with Crippen molar-refractivity contribution in [3.63, 3.8) is 0 Å². The van der Waals surface area contributed by atoms with Crippen LogP contribution < -0.4 is 38.0 Å². The Labute approximate surface area is 236 Å². The predicted molar refractivity (Wildman–Crippen MR) is 131 cm³/mol. The quantitative estimate of drug-likeness (QED) is 0.0879. The number of aliphatic imine (C=N–C) groups is 1. The van der Waals surface area contributed by atoms with Gasteiger partial charge in [-0.05, 0) is 32.0 Å². The lowest BCUT2D eigenvalue weighted by molar-refractivity contribution is -0.671. The summed E-state index contributed by atoms with van der Waals surface area (Å²) in [6.45, 7) is 3.19. The van der Waals surface area contributed by atoms with E-state index in [1.165, 1.54) is 16.7 Å². The Bertz CT molecular complexity index is 1200. The van der Waals surface area contributed by atoms with Crippen molar-refractivity contribution in [1.82, 2.24) is 4.90 Å². The molecule has 2 unspecified atom stereocenters. The number of esters is 2. The molecule has 1 aromatic carbocycles. The predicted octanol–water partition coefficient (Wildman–Crippen LogP) is -1.26. The molecule has 1 aromatic heterocycles. The Balaban J connectivity index is 0.00000380. The third-order valence-electron chi connectivity index (χ3n) is 6.03. The summed E-state index contributed by atoms with van der Waals surface area (Å²) in [4.78, 5) is 44.1. The van der Waals surface area contributed by atoms with Crippen molar-refractivity contribution in [3.8, 4) is 11.5 Å². The zero-order valence-electron chi connectivity index (χ0n) is 21.0. The summed E-state index contributed by atoms with van der Waals surface area (Å²) in [5.41, 5.74) is 0.957. The zero-order chi connectivity index (χ0) is 26.0. The number of pyridine rings is 1. The number of halogens is 1. The van der Waals surface area contributed by atoms with Crippen LogP contribution in [0.1, 0.15) is 29.8 Å². The van der Waals surface area contributed by atoms with E-state index in [2.05, 4.69) is 4.99 Å². The summed E-state index contributed by atoms with van der Waals surface area (Å²) in [6.07, 6.45) is 4.95. The van der Waals surface area contributed by atoms with Crippen LogP contribution in [0.4, 0.5) is 0 Å². The maximum absolute atomic E-state index is 13.0. The molecule has 0 bridgehead atoms. The summed E-state index contributed by atoms with van der Waals surface area (Å²) in [5, 5.41) is -0.325. The van der Waals surface area contributed by atoms with Crippen LogP contribution in [0.15, 0.2) is 47.7 Å². The summed E-state index contributed by atoms with van der Waals surface area (Å²) in [6, 6.07) is 7.18. The minimum atomic E-state index is -0.833. The van der Waals surface area contributed by atoms with Crippen molar-refractivity contribution >= 4 is 35.8 Å². The number of hydrogen-bond acceptors (Lipinski definition) is 9. The van der Waals surface area contributed by atoms with Gasteiger partial charge >= 0.3 is 11.9 Å². The monoisotopic (exact) mass is 641 g/mol. The molecule has 3 atom stereocenters. The smallest absolute Gasteiger partial charge is 0.347 e. The van der Waals surface area contributed by atoms with E-state index in [1.807, 2.05) is 13.8 Å². The van der Waals surface area contributed by atoms with Gasteiger partial charge in [-0.3, -0.25) is 9.79 Å². The fourth-order valence-electron chi connectivity index (χ4n) is 4.28. The van der Waals surface area contributed by atoms with E-state index < -0.39 is 35.6 Å². The standard InChI is InChI=1S/C25H28N3O7S.HI/c1-25(2)20(24(31)35-14-34-23(30)15-8-7-11-27(3)13-15)28-21(29)19(22(28)36-25)26-12-16-17(32-4)9-6-10-18(16)33-5;/h6-13,19-20,22H,14H2,1-5H3;1H/q+1;/p-1/t19?,20-,22?;/m0./s1. The lowest BCUT2D eigenvalue weighted by Gasteiger charge is -2.41. The van der Waals surface area contributed by atoms with Gasteiger partial charge in [0.2, 0.25) is 6.79 Å². The van der Waals surface area contributed by atoms with Gasteiger partial charge in [0, 0.05) is 17.0 Å². The Morgan fingerprint density at radius 2 is 1.81 bits per heavy atom. The molecule has 12 heteroatoms. The third kappa shape index (κ3) is 5.69. The number of carbonyl (C=O) groups excluding carboxylic acids is 3. The number of aryl methyl sites for hydroxylation is 1. The number of thioether (sulfide) groups is 1. The molecule has 1 amide bonds. The van der Waals surface area contributed by atoms with Gasteiger partial charge in [-0.25, -0.2) is 14.2 Å². The lowest BCUT2D eigenvalue weighted by atomic mass is 9.96. The molecule has 2 aromatic rings. The first kappa shape index (κ1) is 28.7. The zero-order valence-corrected chi connectivity index (χ0v) is 24.0. The molecule has 0 N–H and O–H groups in total. The fourth-order valence-corrected chi connectivity index (χ4v) is 5.90. The number of benzene rings is 1. The molecule has 37 heavy (non-hydrogen) atoms. The van der Waals surface area contributed by atoms with E-state index in [1.54, 1.807) is 74.8 Å². The molecule has 4 rings (SSSR count).